The highest BCUT2D eigenvalue weighted by atomic mass is 19.1. The molecule has 0 saturated carbocycles. The molecule has 0 fully saturated rings. The fourth-order valence-electron chi connectivity index (χ4n) is 3.06. The summed E-state index contributed by atoms with van der Waals surface area (Å²) in [5.74, 6) is 0.898. The van der Waals surface area contributed by atoms with Crippen LogP contribution in [0.1, 0.15) is 22.7 Å². The third-order valence-electron chi connectivity index (χ3n) is 3.87. The van der Waals surface area contributed by atoms with Gasteiger partial charge in [0.1, 0.15) is 11.7 Å². The molecule has 2 aromatic rings. The van der Waals surface area contributed by atoms with E-state index in [4.69, 9.17) is 0 Å². The predicted octanol–water partition coefficient (Wildman–Crippen LogP) is 2.99. The maximum absolute atomic E-state index is 13.1. The SMILES string of the molecule is Fc1ccc(C2c3ccccc3C3=NCCN32)cc1. The summed E-state index contributed by atoms with van der Waals surface area (Å²) in [5, 5.41) is 0. The second-order valence-corrected chi connectivity index (χ2v) is 4.94. The third-order valence-corrected chi connectivity index (χ3v) is 3.87. The average Bonchev–Trinajstić information content (AvgIpc) is 3.00. The fraction of sp³-hybridized carbons (Fsp3) is 0.188. The van der Waals surface area contributed by atoms with Gasteiger partial charge in [0.15, 0.2) is 0 Å². The molecule has 4 rings (SSSR count). The van der Waals surface area contributed by atoms with Crippen molar-refractivity contribution in [2.75, 3.05) is 13.1 Å². The topological polar surface area (TPSA) is 15.6 Å². The van der Waals surface area contributed by atoms with Gasteiger partial charge >= 0.3 is 0 Å². The molecular weight excluding hydrogens is 239 g/mol. The molecule has 2 nitrogen and oxygen atoms in total. The van der Waals surface area contributed by atoms with Gasteiger partial charge in [-0.3, -0.25) is 4.99 Å². The molecule has 0 aromatic heterocycles. The van der Waals surface area contributed by atoms with Crippen molar-refractivity contribution in [2.45, 2.75) is 6.04 Å². The van der Waals surface area contributed by atoms with Crippen molar-refractivity contribution in [3.05, 3.63) is 71.0 Å². The number of rotatable bonds is 1. The van der Waals surface area contributed by atoms with Crippen LogP contribution >= 0.6 is 0 Å². The van der Waals surface area contributed by atoms with E-state index >= 15 is 0 Å². The van der Waals surface area contributed by atoms with E-state index in [-0.39, 0.29) is 11.9 Å². The number of aliphatic imine (C=N–C) groups is 1. The lowest BCUT2D eigenvalue weighted by atomic mass is 9.98. The molecule has 1 unspecified atom stereocenters. The summed E-state index contributed by atoms with van der Waals surface area (Å²) in [4.78, 5) is 6.92. The predicted molar refractivity (Wildman–Crippen MR) is 72.8 cm³/mol. The smallest absolute Gasteiger partial charge is 0.132 e. The number of hydrogen-bond acceptors (Lipinski definition) is 2. The van der Waals surface area contributed by atoms with Gasteiger partial charge in [-0.25, -0.2) is 4.39 Å². The quantitative estimate of drug-likeness (QED) is 0.761. The van der Waals surface area contributed by atoms with Gasteiger partial charge < -0.3 is 4.90 Å². The van der Waals surface area contributed by atoms with E-state index in [9.17, 15) is 4.39 Å². The highest BCUT2D eigenvalue weighted by Gasteiger charge is 2.37. The zero-order chi connectivity index (χ0) is 12.8. The molecular formula is C16H13FN2. The van der Waals surface area contributed by atoms with Gasteiger partial charge in [-0.1, -0.05) is 36.4 Å². The van der Waals surface area contributed by atoms with E-state index in [0.29, 0.717) is 0 Å². The first-order valence-electron chi connectivity index (χ1n) is 6.50. The minimum Gasteiger partial charge on any atom is -0.343 e. The van der Waals surface area contributed by atoms with Gasteiger partial charge in [-0.2, -0.15) is 0 Å². The highest BCUT2D eigenvalue weighted by Crippen LogP contribution is 2.40. The fourth-order valence-corrected chi connectivity index (χ4v) is 3.06. The first kappa shape index (κ1) is 10.7. The first-order valence-corrected chi connectivity index (χ1v) is 6.50. The molecule has 0 amide bonds. The van der Waals surface area contributed by atoms with E-state index in [0.717, 1.165) is 24.5 Å². The maximum atomic E-state index is 13.1. The number of hydrogen-bond donors (Lipinski definition) is 0. The van der Waals surface area contributed by atoms with Gasteiger partial charge in [-0.15, -0.1) is 0 Å². The Morgan fingerprint density at radius 1 is 1.05 bits per heavy atom. The van der Waals surface area contributed by atoms with Gasteiger partial charge in [0.2, 0.25) is 0 Å². The average molecular weight is 252 g/mol. The Labute approximate surface area is 111 Å². The molecule has 0 radical (unpaired) electrons. The summed E-state index contributed by atoms with van der Waals surface area (Å²) in [6.45, 7) is 1.79. The highest BCUT2D eigenvalue weighted by molar-refractivity contribution is 6.04. The Morgan fingerprint density at radius 2 is 1.84 bits per heavy atom. The molecule has 0 bridgehead atoms. The number of amidine groups is 1. The lowest BCUT2D eigenvalue weighted by Gasteiger charge is -2.23. The largest absolute Gasteiger partial charge is 0.343 e. The molecule has 94 valence electrons. The summed E-state index contributed by atoms with van der Waals surface area (Å²) >= 11 is 0. The first-order chi connectivity index (χ1) is 9.34. The maximum Gasteiger partial charge on any atom is 0.132 e. The van der Waals surface area contributed by atoms with E-state index in [1.807, 2.05) is 18.2 Å². The molecule has 2 heterocycles. The molecule has 0 spiro atoms. The molecule has 0 aliphatic carbocycles. The van der Waals surface area contributed by atoms with Crippen LogP contribution in [0.5, 0.6) is 0 Å². The molecule has 1 atom stereocenters. The van der Waals surface area contributed by atoms with Crippen molar-refractivity contribution in [2.24, 2.45) is 4.99 Å². The van der Waals surface area contributed by atoms with Crippen molar-refractivity contribution in [3.8, 4) is 0 Å². The monoisotopic (exact) mass is 252 g/mol. The molecule has 2 aliphatic heterocycles. The molecule has 19 heavy (non-hydrogen) atoms. The Morgan fingerprint density at radius 3 is 2.68 bits per heavy atom. The Kier molecular flexibility index (Phi) is 2.21. The van der Waals surface area contributed by atoms with Crippen LogP contribution in [0.15, 0.2) is 53.5 Å². The molecule has 0 N–H and O–H groups in total. The molecule has 0 saturated heterocycles. The number of nitrogens with zero attached hydrogens (tertiary/aromatic N) is 2. The van der Waals surface area contributed by atoms with Crippen LogP contribution < -0.4 is 0 Å². The van der Waals surface area contributed by atoms with Gasteiger partial charge in [0, 0.05) is 12.1 Å². The van der Waals surface area contributed by atoms with Crippen LogP contribution in [0.25, 0.3) is 0 Å². The lowest BCUT2D eigenvalue weighted by Crippen LogP contribution is -2.26. The van der Waals surface area contributed by atoms with Crippen molar-refractivity contribution >= 4 is 5.84 Å². The minimum atomic E-state index is -0.189. The second kappa shape index (κ2) is 3.92. The van der Waals surface area contributed by atoms with Crippen molar-refractivity contribution < 1.29 is 4.39 Å². The summed E-state index contributed by atoms with van der Waals surface area (Å²) in [7, 11) is 0. The summed E-state index contributed by atoms with van der Waals surface area (Å²) in [5.41, 5.74) is 3.61. The third kappa shape index (κ3) is 1.51. The van der Waals surface area contributed by atoms with E-state index in [1.54, 1.807) is 0 Å². The molecule has 2 aromatic carbocycles. The zero-order valence-electron chi connectivity index (χ0n) is 10.4. The normalized spacial score (nSPS) is 20.2. The summed E-state index contributed by atoms with van der Waals surface area (Å²) in [6, 6.07) is 15.4. The molecule has 2 aliphatic rings. The summed E-state index contributed by atoms with van der Waals surface area (Å²) in [6.07, 6.45) is 0. The Hall–Kier alpha value is -2.16. The van der Waals surface area contributed by atoms with Gasteiger partial charge in [0.05, 0.1) is 12.6 Å². The van der Waals surface area contributed by atoms with E-state index < -0.39 is 0 Å². The van der Waals surface area contributed by atoms with Crippen LogP contribution in [-0.4, -0.2) is 23.8 Å². The van der Waals surface area contributed by atoms with Crippen molar-refractivity contribution in [3.63, 3.8) is 0 Å². The number of fused-ring (bicyclic) bond motifs is 3. The van der Waals surface area contributed by atoms with Crippen LogP contribution in [-0.2, 0) is 0 Å². The zero-order valence-corrected chi connectivity index (χ0v) is 10.4. The van der Waals surface area contributed by atoms with Gasteiger partial charge in [-0.05, 0) is 23.3 Å². The van der Waals surface area contributed by atoms with Crippen LogP contribution in [0.4, 0.5) is 4.39 Å². The van der Waals surface area contributed by atoms with Crippen molar-refractivity contribution in [1.29, 1.82) is 0 Å². The van der Waals surface area contributed by atoms with E-state index in [1.165, 1.54) is 23.3 Å². The minimum absolute atomic E-state index is 0.179. The molecule has 3 heteroatoms. The summed E-state index contributed by atoms with van der Waals surface area (Å²) < 4.78 is 13.1. The van der Waals surface area contributed by atoms with E-state index in [2.05, 4.69) is 28.1 Å². The number of halogens is 1. The van der Waals surface area contributed by atoms with Crippen molar-refractivity contribution in [1.82, 2.24) is 4.90 Å². The number of benzene rings is 2. The Balaban J connectivity index is 1.88. The standard InChI is InChI=1S/C16H13FN2/c17-12-7-5-11(6-8-12)15-13-3-1-2-4-14(13)16-18-9-10-19(15)16/h1-8,15H,9-10H2. The van der Waals surface area contributed by atoms with Gasteiger partial charge in [0.25, 0.3) is 0 Å². The second-order valence-electron chi connectivity index (χ2n) is 4.94. The lowest BCUT2D eigenvalue weighted by molar-refractivity contribution is 0.406. The Bertz CT molecular complexity index is 661. The van der Waals surface area contributed by atoms with Crippen LogP contribution in [0, 0.1) is 5.82 Å². The van der Waals surface area contributed by atoms with Crippen LogP contribution in [0.2, 0.25) is 0 Å². The van der Waals surface area contributed by atoms with Crippen LogP contribution in [0.3, 0.4) is 0 Å².